The highest BCUT2D eigenvalue weighted by molar-refractivity contribution is 5.93. The molecule has 2 N–H and O–H groups in total. The van der Waals surface area contributed by atoms with Gasteiger partial charge in [0.25, 0.3) is 0 Å². The summed E-state index contributed by atoms with van der Waals surface area (Å²) < 4.78 is 46.1. The van der Waals surface area contributed by atoms with Crippen molar-refractivity contribution in [1.29, 1.82) is 0 Å². The fraction of sp³-hybridized carbons (Fsp3) is 0.381. The highest BCUT2D eigenvalue weighted by atomic mass is 19.3. The van der Waals surface area contributed by atoms with Crippen LogP contribution < -0.4 is 29.6 Å². The van der Waals surface area contributed by atoms with E-state index >= 15 is 0 Å². The Bertz CT molecular complexity index is 877. The number of guanidine groups is 1. The van der Waals surface area contributed by atoms with Crippen LogP contribution in [0.15, 0.2) is 41.4 Å². The first-order valence-corrected chi connectivity index (χ1v) is 9.58. The Labute approximate surface area is 174 Å². The van der Waals surface area contributed by atoms with E-state index in [-0.39, 0.29) is 11.5 Å². The van der Waals surface area contributed by atoms with E-state index in [0.29, 0.717) is 37.9 Å². The largest absolute Gasteiger partial charge is 0.493 e. The molecule has 0 saturated carbocycles. The summed E-state index contributed by atoms with van der Waals surface area (Å²) in [6.45, 7) is -1.13. The Morgan fingerprint density at radius 1 is 1.10 bits per heavy atom. The molecule has 0 saturated heterocycles. The van der Waals surface area contributed by atoms with Gasteiger partial charge in [-0.1, -0.05) is 6.07 Å². The van der Waals surface area contributed by atoms with Gasteiger partial charge >= 0.3 is 6.61 Å². The van der Waals surface area contributed by atoms with E-state index in [1.54, 1.807) is 25.2 Å². The number of methoxy groups -OCH3 is 1. The average molecular weight is 421 g/mol. The van der Waals surface area contributed by atoms with Gasteiger partial charge in [0.2, 0.25) is 0 Å². The minimum Gasteiger partial charge on any atom is -0.493 e. The van der Waals surface area contributed by atoms with Crippen LogP contribution in [-0.2, 0) is 6.42 Å². The lowest BCUT2D eigenvalue weighted by Crippen LogP contribution is -2.32. The first kappa shape index (κ1) is 21.5. The topological polar surface area (TPSA) is 73.3 Å². The second kappa shape index (κ2) is 10.5. The molecular formula is C21H25F2N3O4. The van der Waals surface area contributed by atoms with Crippen molar-refractivity contribution < 1.29 is 27.7 Å². The molecule has 0 amide bonds. The fourth-order valence-electron chi connectivity index (χ4n) is 2.95. The zero-order valence-corrected chi connectivity index (χ0v) is 16.9. The van der Waals surface area contributed by atoms with Gasteiger partial charge in [0.1, 0.15) is 0 Å². The second-order valence-corrected chi connectivity index (χ2v) is 6.45. The Balaban J connectivity index is 1.57. The summed E-state index contributed by atoms with van der Waals surface area (Å²) in [5.41, 5.74) is 1.63. The van der Waals surface area contributed by atoms with E-state index in [2.05, 4.69) is 20.4 Å². The molecule has 9 heteroatoms. The van der Waals surface area contributed by atoms with Crippen LogP contribution in [0.2, 0.25) is 0 Å². The number of halogens is 2. The number of aliphatic imine (C=N–C) groups is 1. The van der Waals surface area contributed by atoms with Gasteiger partial charge in [-0.2, -0.15) is 8.78 Å². The van der Waals surface area contributed by atoms with Crippen LogP contribution in [0.5, 0.6) is 23.0 Å². The molecule has 0 aliphatic carbocycles. The van der Waals surface area contributed by atoms with E-state index in [0.717, 1.165) is 23.4 Å². The fourth-order valence-corrected chi connectivity index (χ4v) is 2.95. The SMILES string of the molecule is CN=C(NCCc1ccc(OC)c(OC(F)F)c1)Nc1ccc2c(c1)OCCCO2. The van der Waals surface area contributed by atoms with Crippen LogP contribution in [-0.4, -0.2) is 46.5 Å². The van der Waals surface area contributed by atoms with Gasteiger partial charge in [-0.3, -0.25) is 4.99 Å². The van der Waals surface area contributed by atoms with Gasteiger partial charge in [-0.25, -0.2) is 0 Å². The van der Waals surface area contributed by atoms with Crippen molar-refractivity contribution in [3.05, 3.63) is 42.0 Å². The summed E-state index contributed by atoms with van der Waals surface area (Å²) in [5.74, 6) is 2.26. The first-order valence-electron chi connectivity index (χ1n) is 9.58. The zero-order valence-electron chi connectivity index (χ0n) is 16.9. The van der Waals surface area contributed by atoms with Crippen molar-refractivity contribution in [1.82, 2.24) is 5.32 Å². The molecule has 162 valence electrons. The lowest BCUT2D eigenvalue weighted by Gasteiger charge is -2.15. The Hall–Kier alpha value is -3.23. The number of nitrogens with zero attached hydrogens (tertiary/aromatic N) is 1. The number of alkyl halides is 2. The molecule has 0 atom stereocenters. The van der Waals surface area contributed by atoms with Crippen molar-refractivity contribution in [3.63, 3.8) is 0 Å². The first-order chi connectivity index (χ1) is 14.6. The van der Waals surface area contributed by atoms with Crippen LogP contribution in [0.4, 0.5) is 14.5 Å². The number of hydrogen-bond donors (Lipinski definition) is 2. The van der Waals surface area contributed by atoms with Crippen molar-refractivity contribution in [3.8, 4) is 23.0 Å². The molecule has 30 heavy (non-hydrogen) atoms. The molecule has 7 nitrogen and oxygen atoms in total. The zero-order chi connectivity index (χ0) is 21.3. The number of fused-ring (bicyclic) bond motifs is 1. The third kappa shape index (κ3) is 5.88. The number of nitrogens with one attached hydrogen (secondary N) is 2. The van der Waals surface area contributed by atoms with Crippen LogP contribution in [0.1, 0.15) is 12.0 Å². The van der Waals surface area contributed by atoms with Gasteiger partial charge in [-0.15, -0.1) is 0 Å². The van der Waals surface area contributed by atoms with E-state index in [4.69, 9.17) is 14.2 Å². The second-order valence-electron chi connectivity index (χ2n) is 6.45. The Morgan fingerprint density at radius 2 is 1.90 bits per heavy atom. The summed E-state index contributed by atoms with van der Waals surface area (Å²) in [6, 6.07) is 10.6. The van der Waals surface area contributed by atoms with Crippen LogP contribution in [0.3, 0.4) is 0 Å². The van der Waals surface area contributed by atoms with E-state index < -0.39 is 6.61 Å². The van der Waals surface area contributed by atoms with Crippen LogP contribution >= 0.6 is 0 Å². The van der Waals surface area contributed by atoms with E-state index in [9.17, 15) is 8.78 Å². The predicted molar refractivity (Wildman–Crippen MR) is 110 cm³/mol. The molecule has 0 unspecified atom stereocenters. The molecule has 0 aromatic heterocycles. The quantitative estimate of drug-likeness (QED) is 0.525. The maximum Gasteiger partial charge on any atom is 0.387 e. The van der Waals surface area contributed by atoms with Crippen LogP contribution in [0, 0.1) is 0 Å². The summed E-state index contributed by atoms with van der Waals surface area (Å²) in [6.07, 6.45) is 1.42. The number of ether oxygens (including phenoxy) is 4. The summed E-state index contributed by atoms with van der Waals surface area (Å²) in [4.78, 5) is 4.21. The van der Waals surface area contributed by atoms with Crippen molar-refractivity contribution >= 4 is 11.6 Å². The van der Waals surface area contributed by atoms with Crippen molar-refractivity contribution in [2.75, 3.05) is 39.2 Å². The third-order valence-corrected chi connectivity index (χ3v) is 4.38. The summed E-state index contributed by atoms with van der Waals surface area (Å²) in [5, 5.41) is 6.39. The maximum atomic E-state index is 12.6. The molecule has 0 radical (unpaired) electrons. The van der Waals surface area contributed by atoms with E-state index in [1.807, 2.05) is 18.2 Å². The maximum absolute atomic E-state index is 12.6. The van der Waals surface area contributed by atoms with E-state index in [1.165, 1.54) is 7.11 Å². The number of hydrogen-bond acceptors (Lipinski definition) is 5. The minimum atomic E-state index is -2.91. The van der Waals surface area contributed by atoms with Crippen molar-refractivity contribution in [2.24, 2.45) is 4.99 Å². The lowest BCUT2D eigenvalue weighted by atomic mass is 10.1. The van der Waals surface area contributed by atoms with Crippen LogP contribution in [0.25, 0.3) is 0 Å². The molecule has 0 spiro atoms. The predicted octanol–water partition coefficient (Wildman–Crippen LogP) is 3.69. The molecule has 1 aliphatic rings. The molecule has 1 aliphatic heterocycles. The Morgan fingerprint density at radius 3 is 2.63 bits per heavy atom. The Kier molecular flexibility index (Phi) is 7.53. The molecule has 0 fully saturated rings. The third-order valence-electron chi connectivity index (χ3n) is 4.38. The normalized spacial score (nSPS) is 13.6. The monoisotopic (exact) mass is 421 g/mol. The molecule has 2 aromatic carbocycles. The van der Waals surface area contributed by atoms with Gasteiger partial charge in [-0.05, 0) is 36.2 Å². The summed E-state index contributed by atoms with van der Waals surface area (Å²) in [7, 11) is 3.07. The smallest absolute Gasteiger partial charge is 0.387 e. The number of benzene rings is 2. The van der Waals surface area contributed by atoms with Gasteiger partial charge < -0.3 is 29.6 Å². The average Bonchev–Trinajstić information content (AvgIpc) is 2.98. The highest BCUT2D eigenvalue weighted by Crippen LogP contribution is 2.32. The molecule has 0 bridgehead atoms. The minimum absolute atomic E-state index is 0.0136. The van der Waals surface area contributed by atoms with Gasteiger partial charge in [0, 0.05) is 31.8 Å². The van der Waals surface area contributed by atoms with Gasteiger partial charge in [0.05, 0.1) is 20.3 Å². The van der Waals surface area contributed by atoms with Gasteiger partial charge in [0.15, 0.2) is 29.0 Å². The van der Waals surface area contributed by atoms with Crippen molar-refractivity contribution in [2.45, 2.75) is 19.5 Å². The lowest BCUT2D eigenvalue weighted by molar-refractivity contribution is -0.0512. The molecule has 2 aromatic rings. The number of rotatable bonds is 7. The highest BCUT2D eigenvalue weighted by Gasteiger charge is 2.13. The molecular weight excluding hydrogens is 396 g/mol. The molecule has 1 heterocycles. The summed E-state index contributed by atoms with van der Waals surface area (Å²) >= 11 is 0. The number of anilines is 1. The molecule has 3 rings (SSSR count). The standard InChI is InChI=1S/C21H25F2N3O4/c1-24-21(26-15-5-7-17-18(13-15)29-11-3-10-28-17)25-9-8-14-4-6-16(27-2)19(12-14)30-20(22)23/h4-7,12-13,20H,3,8-11H2,1-2H3,(H2,24,25,26).